The molecule has 4 atom stereocenters. The largest absolute Gasteiger partial charge is 0.302 e. The third kappa shape index (κ3) is 4.17. The SMILES string of the molecule is c1ccc(-c2csc(NN=C3C4CCCC3[C@H](c3ccccc3)N[C@@H]4c3ccccc3)n2)cc1. The normalized spacial score (nSPS) is 25.2. The Kier molecular flexibility index (Phi) is 5.96. The Labute approximate surface area is 204 Å². The van der Waals surface area contributed by atoms with Crippen LogP contribution in [0.25, 0.3) is 11.3 Å². The lowest BCUT2D eigenvalue weighted by molar-refractivity contribution is 0.233. The van der Waals surface area contributed by atoms with Crippen molar-refractivity contribution in [2.24, 2.45) is 16.9 Å². The van der Waals surface area contributed by atoms with E-state index in [1.54, 1.807) is 11.3 Å². The predicted molar refractivity (Wildman–Crippen MR) is 141 cm³/mol. The summed E-state index contributed by atoms with van der Waals surface area (Å²) in [5.41, 5.74) is 9.42. The maximum atomic E-state index is 5.07. The molecule has 1 aliphatic heterocycles. The van der Waals surface area contributed by atoms with Gasteiger partial charge >= 0.3 is 0 Å². The number of rotatable bonds is 5. The maximum absolute atomic E-state index is 5.07. The second-order valence-corrected chi connectivity index (χ2v) is 10.00. The Bertz CT molecular complexity index is 1200. The van der Waals surface area contributed by atoms with Crippen molar-refractivity contribution in [3.63, 3.8) is 0 Å². The smallest absolute Gasteiger partial charge is 0.203 e. The van der Waals surface area contributed by atoms with E-state index in [1.165, 1.54) is 23.3 Å². The van der Waals surface area contributed by atoms with Crippen molar-refractivity contribution in [2.45, 2.75) is 31.3 Å². The van der Waals surface area contributed by atoms with E-state index in [1.807, 2.05) is 18.2 Å². The molecule has 2 fully saturated rings. The topological polar surface area (TPSA) is 49.3 Å². The van der Waals surface area contributed by atoms with Crippen LogP contribution in [0, 0.1) is 11.8 Å². The van der Waals surface area contributed by atoms with E-state index in [0.717, 1.165) is 29.2 Å². The van der Waals surface area contributed by atoms with Gasteiger partial charge in [-0.25, -0.2) is 4.98 Å². The van der Waals surface area contributed by atoms with Gasteiger partial charge in [-0.05, 0) is 24.0 Å². The minimum Gasteiger partial charge on any atom is -0.302 e. The Morgan fingerprint density at radius 3 is 1.91 bits per heavy atom. The summed E-state index contributed by atoms with van der Waals surface area (Å²) < 4.78 is 0. The van der Waals surface area contributed by atoms with Crippen LogP contribution < -0.4 is 10.7 Å². The minimum absolute atomic E-state index is 0.250. The zero-order chi connectivity index (χ0) is 22.7. The highest BCUT2D eigenvalue weighted by Crippen LogP contribution is 2.46. The van der Waals surface area contributed by atoms with Crippen LogP contribution in [0.4, 0.5) is 5.13 Å². The van der Waals surface area contributed by atoms with Crippen molar-refractivity contribution < 1.29 is 0 Å². The van der Waals surface area contributed by atoms with Crippen molar-refractivity contribution in [3.05, 3.63) is 108 Å². The Hall–Kier alpha value is -3.28. The summed E-state index contributed by atoms with van der Waals surface area (Å²) in [5, 5.41) is 12.0. The second-order valence-electron chi connectivity index (χ2n) is 9.14. The number of nitrogens with one attached hydrogen (secondary N) is 2. The van der Waals surface area contributed by atoms with Crippen LogP contribution in [0.5, 0.6) is 0 Å². The van der Waals surface area contributed by atoms with Crippen LogP contribution in [0.1, 0.15) is 42.5 Å². The molecule has 170 valence electrons. The summed E-state index contributed by atoms with van der Waals surface area (Å²) in [6, 6.07) is 32.5. The lowest BCUT2D eigenvalue weighted by Crippen LogP contribution is -2.50. The molecule has 5 heteroatoms. The molecule has 2 N–H and O–H groups in total. The zero-order valence-electron chi connectivity index (χ0n) is 19.0. The molecular weight excluding hydrogens is 436 g/mol. The molecule has 2 aliphatic rings. The Balaban J connectivity index is 1.34. The highest BCUT2D eigenvalue weighted by Gasteiger charge is 2.45. The van der Waals surface area contributed by atoms with Gasteiger partial charge in [0, 0.05) is 40.6 Å². The fourth-order valence-corrected chi connectivity index (χ4v) is 6.21. The van der Waals surface area contributed by atoms with E-state index in [9.17, 15) is 0 Å². The van der Waals surface area contributed by atoms with Crippen LogP contribution in [0.2, 0.25) is 0 Å². The second kappa shape index (κ2) is 9.53. The van der Waals surface area contributed by atoms with Crippen molar-refractivity contribution in [1.29, 1.82) is 0 Å². The highest BCUT2D eigenvalue weighted by molar-refractivity contribution is 7.14. The number of hydrogen-bond acceptors (Lipinski definition) is 5. The summed E-state index contributed by atoms with van der Waals surface area (Å²) in [6.45, 7) is 0. The highest BCUT2D eigenvalue weighted by atomic mass is 32.1. The standard InChI is InChI=1S/C29H28N4S/c1-4-11-20(12-5-1)25-19-34-29(30-25)33-32-28-23-17-10-18-24(28)27(22-15-8-3-9-16-22)31-26(23)21-13-6-2-7-14-21/h1-9,11-16,19,23-24,26-27,31H,10,17-18H2,(H,30,33)/t23?,24?,26-,27+. The maximum Gasteiger partial charge on any atom is 0.203 e. The van der Waals surface area contributed by atoms with Crippen LogP contribution in [-0.4, -0.2) is 10.7 Å². The van der Waals surface area contributed by atoms with Gasteiger partial charge in [-0.2, -0.15) is 5.10 Å². The van der Waals surface area contributed by atoms with Crippen molar-refractivity contribution in [2.75, 3.05) is 5.43 Å². The van der Waals surface area contributed by atoms with Crippen molar-refractivity contribution >= 4 is 22.2 Å². The summed E-state index contributed by atoms with van der Waals surface area (Å²) >= 11 is 1.61. The molecule has 1 saturated heterocycles. The third-order valence-electron chi connectivity index (χ3n) is 7.13. The first-order chi connectivity index (χ1) is 16.9. The van der Waals surface area contributed by atoms with E-state index >= 15 is 0 Å². The molecule has 6 rings (SSSR count). The molecule has 4 aromatic rings. The van der Waals surface area contributed by atoms with Gasteiger partial charge in [0.2, 0.25) is 5.13 Å². The molecule has 2 unspecified atom stereocenters. The summed E-state index contributed by atoms with van der Waals surface area (Å²) in [6.07, 6.45) is 3.54. The average Bonchev–Trinajstić information content (AvgIpc) is 3.38. The van der Waals surface area contributed by atoms with E-state index in [-0.39, 0.29) is 12.1 Å². The van der Waals surface area contributed by atoms with E-state index in [4.69, 9.17) is 10.1 Å². The van der Waals surface area contributed by atoms with Gasteiger partial charge in [0.15, 0.2) is 0 Å². The van der Waals surface area contributed by atoms with Crippen LogP contribution >= 0.6 is 11.3 Å². The zero-order valence-corrected chi connectivity index (χ0v) is 19.8. The average molecular weight is 465 g/mol. The van der Waals surface area contributed by atoms with Gasteiger partial charge in [0.25, 0.3) is 0 Å². The van der Waals surface area contributed by atoms with Crippen LogP contribution in [0.3, 0.4) is 0 Å². The third-order valence-corrected chi connectivity index (χ3v) is 7.87. The van der Waals surface area contributed by atoms with Crippen molar-refractivity contribution in [3.8, 4) is 11.3 Å². The molecule has 1 aliphatic carbocycles. The first kappa shape index (κ1) is 21.3. The quantitative estimate of drug-likeness (QED) is 0.310. The number of aromatic nitrogens is 1. The molecule has 2 bridgehead atoms. The number of hydrazone groups is 1. The molecule has 0 spiro atoms. The number of thiazole rings is 1. The predicted octanol–water partition coefficient (Wildman–Crippen LogP) is 7.08. The van der Waals surface area contributed by atoms with Crippen LogP contribution in [0.15, 0.2) is 101 Å². The molecule has 34 heavy (non-hydrogen) atoms. The van der Waals surface area contributed by atoms with E-state index < -0.39 is 0 Å². The first-order valence-corrected chi connectivity index (χ1v) is 12.9. The molecule has 1 saturated carbocycles. The van der Waals surface area contributed by atoms with Crippen LogP contribution in [-0.2, 0) is 0 Å². The molecule has 0 amide bonds. The fourth-order valence-electron chi connectivity index (χ4n) is 5.55. The van der Waals surface area contributed by atoms with Gasteiger partial charge in [-0.1, -0.05) is 97.4 Å². The summed E-state index contributed by atoms with van der Waals surface area (Å²) in [5.74, 6) is 0.754. The van der Waals surface area contributed by atoms with Crippen molar-refractivity contribution in [1.82, 2.24) is 10.3 Å². The summed E-state index contributed by atoms with van der Waals surface area (Å²) in [7, 11) is 0. The molecule has 1 aromatic heterocycles. The number of piperidine rings is 1. The molecule has 0 radical (unpaired) electrons. The lowest BCUT2D eigenvalue weighted by atomic mass is 9.67. The number of benzene rings is 3. The molecular formula is C29H28N4S. The number of hydrogen-bond donors (Lipinski definition) is 2. The molecule has 2 heterocycles. The molecule has 3 aromatic carbocycles. The van der Waals surface area contributed by atoms with Gasteiger partial charge in [0.05, 0.1) is 5.69 Å². The number of nitrogens with zero attached hydrogens (tertiary/aromatic N) is 2. The lowest BCUT2D eigenvalue weighted by Gasteiger charge is -2.47. The van der Waals surface area contributed by atoms with E-state index in [0.29, 0.717) is 11.8 Å². The minimum atomic E-state index is 0.250. The fraction of sp³-hybridized carbons (Fsp3) is 0.241. The van der Waals surface area contributed by atoms with Gasteiger partial charge in [-0.3, -0.25) is 5.43 Å². The molecule has 4 nitrogen and oxygen atoms in total. The van der Waals surface area contributed by atoms with Gasteiger partial charge in [0.1, 0.15) is 0 Å². The number of anilines is 1. The Morgan fingerprint density at radius 1 is 0.765 bits per heavy atom. The Morgan fingerprint density at radius 2 is 1.32 bits per heavy atom. The van der Waals surface area contributed by atoms with Gasteiger partial charge < -0.3 is 5.32 Å². The number of fused-ring (bicyclic) bond motifs is 2. The first-order valence-electron chi connectivity index (χ1n) is 12.1. The van der Waals surface area contributed by atoms with Gasteiger partial charge in [-0.15, -0.1) is 11.3 Å². The van der Waals surface area contributed by atoms with E-state index in [2.05, 4.69) is 88.9 Å². The monoisotopic (exact) mass is 464 g/mol. The summed E-state index contributed by atoms with van der Waals surface area (Å²) in [4.78, 5) is 4.80.